The lowest BCUT2D eigenvalue weighted by Gasteiger charge is -2.33. The van der Waals surface area contributed by atoms with Crippen LogP contribution in [0.2, 0.25) is 5.02 Å². The summed E-state index contributed by atoms with van der Waals surface area (Å²) in [5.74, 6) is 0.397. The monoisotopic (exact) mass is 400 g/mol. The summed E-state index contributed by atoms with van der Waals surface area (Å²) in [6.45, 7) is 0.556. The number of carbonyl (C=O) groups is 1. The summed E-state index contributed by atoms with van der Waals surface area (Å²) in [5, 5.41) is 7.36. The number of aromatic nitrogens is 2. The van der Waals surface area contributed by atoms with E-state index in [9.17, 15) is 9.18 Å². The number of carbonyl (C=O) groups excluding carboxylic acids is 1. The minimum Gasteiger partial charge on any atom is -0.337 e. The molecule has 1 aromatic heterocycles. The Morgan fingerprint density at radius 1 is 1.21 bits per heavy atom. The molecule has 0 bridgehead atoms. The van der Waals surface area contributed by atoms with Crippen molar-refractivity contribution in [1.29, 1.82) is 0 Å². The summed E-state index contributed by atoms with van der Waals surface area (Å²) in [7, 11) is 0. The maximum Gasteiger partial charge on any atom is 0.322 e. The van der Waals surface area contributed by atoms with Crippen molar-refractivity contribution >= 4 is 23.3 Å². The second-order valence-electron chi connectivity index (χ2n) is 6.61. The van der Waals surface area contributed by atoms with E-state index in [4.69, 9.17) is 16.1 Å². The van der Waals surface area contributed by atoms with Gasteiger partial charge in [0, 0.05) is 22.8 Å². The van der Waals surface area contributed by atoms with Crippen LogP contribution in [0.15, 0.2) is 53.1 Å². The molecule has 6 nitrogen and oxygen atoms in total. The molecule has 2 aromatic carbocycles. The summed E-state index contributed by atoms with van der Waals surface area (Å²) < 4.78 is 18.8. The van der Waals surface area contributed by atoms with E-state index in [2.05, 4.69) is 15.5 Å². The molecule has 1 unspecified atom stereocenters. The predicted octanol–water partition coefficient (Wildman–Crippen LogP) is 5.29. The summed E-state index contributed by atoms with van der Waals surface area (Å²) in [6.07, 6.45) is 2.54. The number of likely N-dealkylation sites (tertiary alicyclic amines) is 1. The van der Waals surface area contributed by atoms with E-state index in [1.807, 2.05) is 12.1 Å². The highest BCUT2D eigenvalue weighted by Crippen LogP contribution is 2.32. The number of hydrogen-bond acceptors (Lipinski definition) is 4. The van der Waals surface area contributed by atoms with Crippen molar-refractivity contribution in [3.63, 3.8) is 0 Å². The molecule has 1 aliphatic heterocycles. The van der Waals surface area contributed by atoms with E-state index in [0.29, 0.717) is 35.4 Å². The summed E-state index contributed by atoms with van der Waals surface area (Å²) >= 11 is 6.03. The van der Waals surface area contributed by atoms with Crippen molar-refractivity contribution in [1.82, 2.24) is 15.0 Å². The van der Waals surface area contributed by atoms with Gasteiger partial charge in [0.1, 0.15) is 11.9 Å². The fourth-order valence-electron chi connectivity index (χ4n) is 3.31. The first-order valence-corrected chi connectivity index (χ1v) is 9.41. The Balaban J connectivity index is 1.55. The minimum absolute atomic E-state index is 0.321. The molecule has 3 aromatic rings. The maximum absolute atomic E-state index is 13.4. The Hall–Kier alpha value is -2.93. The maximum atomic E-state index is 13.4. The molecular formula is C20H18ClFN4O2. The third kappa shape index (κ3) is 3.99. The molecule has 28 heavy (non-hydrogen) atoms. The molecular weight excluding hydrogens is 383 g/mol. The molecule has 2 amide bonds. The van der Waals surface area contributed by atoms with Crippen LogP contribution < -0.4 is 5.32 Å². The van der Waals surface area contributed by atoms with Crippen molar-refractivity contribution in [2.75, 3.05) is 11.9 Å². The number of piperidine rings is 1. The first-order chi connectivity index (χ1) is 13.6. The van der Waals surface area contributed by atoms with Gasteiger partial charge in [0.2, 0.25) is 11.7 Å². The van der Waals surface area contributed by atoms with Gasteiger partial charge in [-0.1, -0.05) is 35.0 Å². The second kappa shape index (κ2) is 7.98. The molecule has 1 atom stereocenters. The molecule has 1 saturated heterocycles. The van der Waals surface area contributed by atoms with Gasteiger partial charge in [-0.15, -0.1) is 0 Å². The number of hydrogen-bond donors (Lipinski definition) is 1. The SMILES string of the molecule is O=C(Nc1cccc(F)c1)N1CCCCC1c1nc(-c2cccc(Cl)c2)no1. The van der Waals surface area contributed by atoms with E-state index in [0.717, 1.165) is 18.4 Å². The van der Waals surface area contributed by atoms with Crippen LogP contribution >= 0.6 is 11.6 Å². The van der Waals surface area contributed by atoms with Gasteiger partial charge in [0.25, 0.3) is 0 Å². The fraction of sp³-hybridized carbons (Fsp3) is 0.250. The van der Waals surface area contributed by atoms with E-state index >= 15 is 0 Å². The fourth-order valence-corrected chi connectivity index (χ4v) is 3.50. The van der Waals surface area contributed by atoms with Crippen LogP contribution in [0.5, 0.6) is 0 Å². The highest BCUT2D eigenvalue weighted by molar-refractivity contribution is 6.30. The minimum atomic E-state index is -0.406. The smallest absolute Gasteiger partial charge is 0.322 e. The van der Waals surface area contributed by atoms with Crippen LogP contribution in [0, 0.1) is 5.82 Å². The molecule has 1 N–H and O–H groups in total. The van der Waals surface area contributed by atoms with Crippen molar-refractivity contribution < 1.29 is 13.7 Å². The quantitative estimate of drug-likeness (QED) is 0.648. The number of halogens is 2. The van der Waals surface area contributed by atoms with Gasteiger partial charge >= 0.3 is 6.03 Å². The Morgan fingerprint density at radius 2 is 2.07 bits per heavy atom. The van der Waals surface area contributed by atoms with Gasteiger partial charge in [-0.05, 0) is 49.6 Å². The van der Waals surface area contributed by atoms with E-state index in [-0.39, 0.29) is 12.1 Å². The largest absolute Gasteiger partial charge is 0.337 e. The highest BCUT2D eigenvalue weighted by Gasteiger charge is 2.32. The van der Waals surface area contributed by atoms with Gasteiger partial charge in [-0.3, -0.25) is 0 Å². The second-order valence-corrected chi connectivity index (χ2v) is 7.05. The molecule has 1 fully saturated rings. The predicted molar refractivity (Wildman–Crippen MR) is 103 cm³/mol. The van der Waals surface area contributed by atoms with Crippen LogP contribution in [0.25, 0.3) is 11.4 Å². The molecule has 0 aliphatic carbocycles. The number of benzene rings is 2. The number of nitrogens with one attached hydrogen (secondary N) is 1. The van der Waals surface area contributed by atoms with Gasteiger partial charge < -0.3 is 14.7 Å². The molecule has 0 saturated carbocycles. The Kier molecular flexibility index (Phi) is 5.25. The molecule has 144 valence electrons. The van der Waals surface area contributed by atoms with E-state index < -0.39 is 5.82 Å². The third-order valence-corrected chi connectivity index (χ3v) is 4.88. The molecule has 8 heteroatoms. The average Bonchev–Trinajstić information content (AvgIpc) is 3.18. The zero-order chi connectivity index (χ0) is 19.5. The normalized spacial score (nSPS) is 16.8. The standard InChI is InChI=1S/C20H18ClFN4O2/c21-14-6-3-5-13(11-14)18-24-19(28-25-18)17-9-1-2-10-26(17)20(27)23-16-8-4-7-15(22)12-16/h3-8,11-12,17H,1-2,9-10H2,(H,23,27). The molecule has 0 radical (unpaired) electrons. The van der Waals surface area contributed by atoms with Crippen LogP contribution in [-0.2, 0) is 0 Å². The number of anilines is 1. The Morgan fingerprint density at radius 3 is 2.89 bits per heavy atom. The topological polar surface area (TPSA) is 71.3 Å². The van der Waals surface area contributed by atoms with Crippen LogP contribution in [-0.4, -0.2) is 27.6 Å². The zero-order valence-corrected chi connectivity index (χ0v) is 15.7. The molecule has 0 spiro atoms. The van der Waals surface area contributed by atoms with Gasteiger partial charge in [-0.25, -0.2) is 9.18 Å². The van der Waals surface area contributed by atoms with Crippen LogP contribution in [0.4, 0.5) is 14.9 Å². The Labute approximate surface area is 166 Å². The number of urea groups is 1. The third-order valence-electron chi connectivity index (χ3n) is 4.65. The lowest BCUT2D eigenvalue weighted by atomic mass is 10.0. The lowest BCUT2D eigenvalue weighted by molar-refractivity contribution is 0.142. The van der Waals surface area contributed by atoms with Crippen molar-refractivity contribution in [2.24, 2.45) is 0 Å². The van der Waals surface area contributed by atoms with Crippen molar-refractivity contribution in [3.05, 3.63) is 65.3 Å². The summed E-state index contributed by atoms with van der Waals surface area (Å²) in [6, 6.07) is 12.3. The van der Waals surface area contributed by atoms with Gasteiger partial charge in [0.15, 0.2) is 0 Å². The lowest BCUT2D eigenvalue weighted by Crippen LogP contribution is -2.41. The Bertz CT molecular complexity index is 994. The van der Waals surface area contributed by atoms with E-state index in [1.165, 1.54) is 12.1 Å². The first-order valence-electron chi connectivity index (χ1n) is 9.03. The molecule has 4 rings (SSSR count). The number of nitrogens with zero attached hydrogens (tertiary/aromatic N) is 3. The number of rotatable bonds is 3. The van der Waals surface area contributed by atoms with Gasteiger partial charge in [0.05, 0.1) is 0 Å². The average molecular weight is 401 g/mol. The highest BCUT2D eigenvalue weighted by atomic mass is 35.5. The van der Waals surface area contributed by atoms with Crippen molar-refractivity contribution in [3.8, 4) is 11.4 Å². The summed E-state index contributed by atoms with van der Waals surface area (Å²) in [4.78, 5) is 18.9. The number of amides is 2. The molecule has 1 aliphatic rings. The summed E-state index contributed by atoms with van der Waals surface area (Å²) in [5.41, 5.74) is 1.15. The van der Waals surface area contributed by atoms with E-state index in [1.54, 1.807) is 29.2 Å². The van der Waals surface area contributed by atoms with Crippen LogP contribution in [0.1, 0.15) is 31.2 Å². The van der Waals surface area contributed by atoms with Crippen molar-refractivity contribution in [2.45, 2.75) is 25.3 Å². The first kappa shape index (κ1) is 18.4. The van der Waals surface area contributed by atoms with Gasteiger partial charge in [-0.2, -0.15) is 4.98 Å². The van der Waals surface area contributed by atoms with Crippen LogP contribution in [0.3, 0.4) is 0 Å². The molecule has 2 heterocycles. The zero-order valence-electron chi connectivity index (χ0n) is 14.9.